The first-order valence-electron chi connectivity index (χ1n) is 6.62. The summed E-state index contributed by atoms with van der Waals surface area (Å²) in [6.07, 6.45) is -4.42. The Hall–Kier alpha value is -2.95. The number of aromatic amines is 1. The monoisotopic (exact) mass is 320 g/mol. The van der Waals surface area contributed by atoms with Crippen LogP contribution in [0.1, 0.15) is 28.3 Å². The Kier molecular flexibility index (Phi) is 3.29. The molecule has 2 heterocycles. The first-order valence-corrected chi connectivity index (χ1v) is 6.62. The molecule has 23 heavy (non-hydrogen) atoms. The molecule has 0 bridgehead atoms. The van der Waals surface area contributed by atoms with Crippen molar-refractivity contribution in [3.63, 3.8) is 0 Å². The SMILES string of the molecule is Cc1[nH]nc2c1[C@H](c1ccc(C(F)(F)F)cc1)C(C#N)=C(N)O2. The average Bonchev–Trinajstić information content (AvgIpc) is 2.86. The highest BCUT2D eigenvalue weighted by Gasteiger charge is 2.35. The topological polar surface area (TPSA) is 87.7 Å². The Bertz CT molecular complexity index is 828. The van der Waals surface area contributed by atoms with E-state index in [1.807, 2.05) is 6.07 Å². The third-order valence-electron chi connectivity index (χ3n) is 3.70. The van der Waals surface area contributed by atoms with Crippen molar-refractivity contribution in [2.24, 2.45) is 5.73 Å². The smallest absolute Gasteiger partial charge is 0.416 e. The lowest BCUT2D eigenvalue weighted by molar-refractivity contribution is -0.137. The number of nitrogens with zero attached hydrogens (tertiary/aromatic N) is 2. The number of fused-ring (bicyclic) bond motifs is 1. The number of ether oxygens (including phenoxy) is 1. The van der Waals surface area contributed by atoms with Crippen molar-refractivity contribution in [1.82, 2.24) is 10.2 Å². The summed E-state index contributed by atoms with van der Waals surface area (Å²) in [5.74, 6) is -0.495. The number of benzene rings is 1. The van der Waals surface area contributed by atoms with Crippen LogP contribution in [0.15, 0.2) is 35.7 Å². The fourth-order valence-electron chi connectivity index (χ4n) is 2.60. The van der Waals surface area contributed by atoms with E-state index in [1.165, 1.54) is 12.1 Å². The molecule has 1 aromatic heterocycles. The third kappa shape index (κ3) is 2.40. The highest BCUT2D eigenvalue weighted by atomic mass is 19.4. The van der Waals surface area contributed by atoms with Crippen LogP contribution in [-0.2, 0) is 6.18 Å². The van der Waals surface area contributed by atoms with Gasteiger partial charge in [-0.25, -0.2) is 0 Å². The summed E-state index contributed by atoms with van der Waals surface area (Å²) >= 11 is 0. The molecule has 3 rings (SSSR count). The van der Waals surface area contributed by atoms with E-state index >= 15 is 0 Å². The zero-order valence-corrected chi connectivity index (χ0v) is 11.9. The lowest BCUT2D eigenvalue weighted by Gasteiger charge is -2.23. The van der Waals surface area contributed by atoms with Crippen molar-refractivity contribution < 1.29 is 17.9 Å². The van der Waals surface area contributed by atoms with Crippen LogP contribution < -0.4 is 10.5 Å². The van der Waals surface area contributed by atoms with Gasteiger partial charge in [-0.15, -0.1) is 5.10 Å². The predicted molar refractivity (Wildman–Crippen MR) is 74.1 cm³/mol. The zero-order valence-electron chi connectivity index (χ0n) is 11.9. The predicted octanol–water partition coefficient (Wildman–Crippen LogP) is 2.96. The van der Waals surface area contributed by atoms with Gasteiger partial charge in [-0.2, -0.15) is 18.4 Å². The van der Waals surface area contributed by atoms with Gasteiger partial charge in [0.1, 0.15) is 11.6 Å². The molecular formula is C15H11F3N4O. The van der Waals surface area contributed by atoms with Crippen molar-refractivity contribution in [2.45, 2.75) is 19.0 Å². The average molecular weight is 320 g/mol. The van der Waals surface area contributed by atoms with Crippen molar-refractivity contribution in [2.75, 3.05) is 0 Å². The number of hydrogen-bond acceptors (Lipinski definition) is 4. The van der Waals surface area contributed by atoms with E-state index in [4.69, 9.17) is 10.5 Å². The van der Waals surface area contributed by atoms with Gasteiger partial charge < -0.3 is 10.5 Å². The summed E-state index contributed by atoms with van der Waals surface area (Å²) in [5, 5.41) is 16.0. The van der Waals surface area contributed by atoms with Crippen molar-refractivity contribution >= 4 is 0 Å². The Balaban J connectivity index is 2.13. The third-order valence-corrected chi connectivity index (χ3v) is 3.70. The maximum absolute atomic E-state index is 12.7. The van der Waals surface area contributed by atoms with Crippen LogP contribution in [-0.4, -0.2) is 10.2 Å². The number of allylic oxidation sites excluding steroid dienone is 1. The molecule has 0 saturated heterocycles. The number of nitrogens with two attached hydrogens (primary N) is 1. The van der Waals surface area contributed by atoms with Crippen molar-refractivity contribution in [3.8, 4) is 11.9 Å². The van der Waals surface area contributed by atoms with Gasteiger partial charge in [-0.1, -0.05) is 12.1 Å². The molecule has 0 amide bonds. The summed E-state index contributed by atoms with van der Waals surface area (Å²) in [6.45, 7) is 1.74. The summed E-state index contributed by atoms with van der Waals surface area (Å²) in [6, 6.07) is 6.59. The molecule has 1 aliphatic heterocycles. The Morgan fingerprint density at radius 1 is 1.30 bits per heavy atom. The molecule has 0 radical (unpaired) electrons. The number of halogens is 3. The van der Waals surface area contributed by atoms with Crippen molar-refractivity contribution in [1.29, 1.82) is 5.26 Å². The van der Waals surface area contributed by atoms with E-state index in [2.05, 4.69) is 10.2 Å². The quantitative estimate of drug-likeness (QED) is 0.845. The van der Waals surface area contributed by atoms with E-state index in [0.29, 0.717) is 16.8 Å². The Morgan fingerprint density at radius 3 is 2.52 bits per heavy atom. The largest absolute Gasteiger partial charge is 0.420 e. The van der Waals surface area contributed by atoms with Crippen molar-refractivity contribution in [3.05, 3.63) is 58.1 Å². The summed E-state index contributed by atoms with van der Waals surface area (Å²) in [4.78, 5) is 0. The molecule has 3 N–H and O–H groups in total. The number of H-pyrrole nitrogens is 1. The zero-order chi connectivity index (χ0) is 16.8. The standard InChI is InChI=1S/C15H11F3N4O/c1-7-11-12(8-2-4-9(5-3-8)15(16,17)18)10(6-19)13(20)23-14(11)22-21-7/h2-5,12H,20H2,1H3,(H,21,22)/t12-/m1/s1. The van der Waals surface area contributed by atoms with Crippen LogP contribution in [0.4, 0.5) is 13.2 Å². The molecule has 1 aliphatic rings. The number of aromatic nitrogens is 2. The molecule has 1 aromatic carbocycles. The number of aryl methyl sites for hydroxylation is 1. The molecule has 1 atom stereocenters. The summed E-state index contributed by atoms with van der Waals surface area (Å²) < 4.78 is 43.4. The molecule has 2 aromatic rings. The molecule has 118 valence electrons. The minimum atomic E-state index is -4.42. The molecule has 8 heteroatoms. The second-order valence-corrected chi connectivity index (χ2v) is 5.11. The number of rotatable bonds is 1. The lowest BCUT2D eigenvalue weighted by Crippen LogP contribution is -2.21. The normalized spacial score (nSPS) is 17.4. The fourth-order valence-corrected chi connectivity index (χ4v) is 2.60. The van der Waals surface area contributed by atoms with Gasteiger partial charge in [0.2, 0.25) is 11.8 Å². The van der Waals surface area contributed by atoms with Gasteiger partial charge in [-0.3, -0.25) is 5.10 Å². The van der Waals surface area contributed by atoms with Crippen LogP contribution in [0.3, 0.4) is 0 Å². The lowest BCUT2D eigenvalue weighted by atomic mass is 9.84. The van der Waals surface area contributed by atoms with E-state index < -0.39 is 17.7 Å². The second kappa shape index (κ2) is 5.05. The minimum absolute atomic E-state index is 0.101. The van der Waals surface area contributed by atoms with E-state index in [1.54, 1.807) is 6.92 Å². The van der Waals surface area contributed by atoms with Crippen LogP contribution in [0, 0.1) is 18.3 Å². The highest BCUT2D eigenvalue weighted by molar-refractivity contribution is 5.55. The fraction of sp³-hybridized carbons (Fsp3) is 0.200. The first-order chi connectivity index (χ1) is 10.8. The van der Waals surface area contributed by atoms with E-state index in [0.717, 1.165) is 12.1 Å². The van der Waals surface area contributed by atoms with Crippen LogP contribution >= 0.6 is 0 Å². The first kappa shape index (κ1) is 15.0. The Morgan fingerprint density at radius 2 is 1.96 bits per heavy atom. The minimum Gasteiger partial charge on any atom is -0.420 e. The molecule has 0 unspecified atom stereocenters. The van der Waals surface area contributed by atoms with E-state index in [9.17, 15) is 18.4 Å². The maximum Gasteiger partial charge on any atom is 0.416 e. The molecular weight excluding hydrogens is 309 g/mol. The van der Waals surface area contributed by atoms with Gasteiger partial charge in [0, 0.05) is 11.3 Å². The van der Waals surface area contributed by atoms with E-state index in [-0.39, 0.29) is 17.3 Å². The Labute approximate surface area is 129 Å². The molecule has 0 aliphatic carbocycles. The number of nitrogens with one attached hydrogen (secondary N) is 1. The van der Waals surface area contributed by atoms with Gasteiger partial charge in [0.15, 0.2) is 0 Å². The molecule has 0 saturated carbocycles. The highest BCUT2D eigenvalue weighted by Crippen LogP contribution is 2.43. The molecule has 0 spiro atoms. The second-order valence-electron chi connectivity index (χ2n) is 5.11. The maximum atomic E-state index is 12.7. The number of alkyl halides is 3. The van der Waals surface area contributed by atoms with Gasteiger partial charge in [0.25, 0.3) is 0 Å². The van der Waals surface area contributed by atoms with Crippen LogP contribution in [0.25, 0.3) is 0 Å². The summed E-state index contributed by atoms with van der Waals surface area (Å²) in [5.41, 5.74) is 6.88. The molecule has 0 fully saturated rings. The number of hydrogen-bond donors (Lipinski definition) is 2. The number of nitriles is 1. The van der Waals surface area contributed by atoms with Gasteiger partial charge in [0.05, 0.1) is 11.5 Å². The van der Waals surface area contributed by atoms with Crippen LogP contribution in [0.2, 0.25) is 0 Å². The van der Waals surface area contributed by atoms with Gasteiger partial charge >= 0.3 is 6.18 Å². The van der Waals surface area contributed by atoms with Crippen LogP contribution in [0.5, 0.6) is 5.88 Å². The summed E-state index contributed by atoms with van der Waals surface area (Å²) in [7, 11) is 0. The molecule has 5 nitrogen and oxygen atoms in total. The van der Waals surface area contributed by atoms with Gasteiger partial charge in [-0.05, 0) is 24.6 Å².